The Kier molecular flexibility index (Phi) is 4.59. The summed E-state index contributed by atoms with van der Waals surface area (Å²) in [5, 5.41) is 0. The van der Waals surface area contributed by atoms with Crippen molar-refractivity contribution in [1.82, 2.24) is 0 Å². The fourth-order valence-corrected chi connectivity index (χ4v) is 2.53. The Morgan fingerprint density at radius 3 is 2.22 bits per heavy atom. The summed E-state index contributed by atoms with van der Waals surface area (Å²) in [6.45, 7) is 6.25. The summed E-state index contributed by atoms with van der Waals surface area (Å²) in [6.07, 6.45) is 5.26. The van der Waals surface area contributed by atoms with E-state index in [2.05, 4.69) is 25.8 Å². The van der Waals surface area contributed by atoms with E-state index in [0.29, 0.717) is 0 Å². The smallest absolute Gasteiger partial charge is 0.328 e. The summed E-state index contributed by atoms with van der Waals surface area (Å²) < 4.78 is 5.74. The molecule has 5 heteroatoms. The second-order valence-corrected chi connectivity index (χ2v) is 6.02. The van der Waals surface area contributed by atoms with Crippen LogP contribution in [0.15, 0.2) is 4.99 Å². The summed E-state index contributed by atoms with van der Waals surface area (Å²) in [4.78, 5) is 15.5. The molecule has 1 saturated carbocycles. The fraction of sp³-hybridized carbons (Fsp3) is 0.846. The molecule has 1 aliphatic carbocycles. The van der Waals surface area contributed by atoms with E-state index in [9.17, 15) is 4.79 Å². The fourth-order valence-electron chi connectivity index (χ4n) is 2.53. The Balaban J connectivity index is 2.73. The maximum absolute atomic E-state index is 11.8. The number of esters is 1. The van der Waals surface area contributed by atoms with E-state index in [0.717, 1.165) is 25.7 Å². The molecule has 1 fully saturated rings. The van der Waals surface area contributed by atoms with Gasteiger partial charge in [-0.15, -0.1) is 0 Å². The van der Waals surface area contributed by atoms with Crippen LogP contribution < -0.4 is 11.5 Å². The maximum atomic E-state index is 11.8. The lowest BCUT2D eigenvalue weighted by Gasteiger charge is -2.46. The first-order valence-electron chi connectivity index (χ1n) is 6.54. The van der Waals surface area contributed by atoms with Gasteiger partial charge in [-0.05, 0) is 25.7 Å². The molecule has 1 aliphatic rings. The number of carbonyl (C=O) groups excluding carboxylic acids is 1. The molecule has 5 nitrogen and oxygen atoms in total. The summed E-state index contributed by atoms with van der Waals surface area (Å²) >= 11 is 0. The lowest BCUT2D eigenvalue weighted by atomic mass is 9.68. The van der Waals surface area contributed by atoms with Gasteiger partial charge in [0.1, 0.15) is 12.1 Å². The van der Waals surface area contributed by atoms with E-state index in [1.54, 1.807) is 0 Å². The van der Waals surface area contributed by atoms with Crippen LogP contribution in [0.5, 0.6) is 0 Å². The summed E-state index contributed by atoms with van der Waals surface area (Å²) in [6, 6.07) is 0. The molecule has 1 rings (SSSR count). The minimum atomic E-state index is -0.374. The Morgan fingerprint density at radius 2 is 1.78 bits per heavy atom. The van der Waals surface area contributed by atoms with Crippen LogP contribution in [0, 0.1) is 5.41 Å². The monoisotopic (exact) mass is 255 g/mol. The average Bonchev–Trinajstić information content (AvgIpc) is 2.26. The molecule has 0 unspecified atom stereocenters. The van der Waals surface area contributed by atoms with E-state index in [4.69, 9.17) is 16.2 Å². The lowest BCUT2D eigenvalue weighted by Crippen LogP contribution is -2.48. The van der Waals surface area contributed by atoms with Gasteiger partial charge in [-0.1, -0.05) is 27.2 Å². The van der Waals surface area contributed by atoms with Crippen LogP contribution in [0.2, 0.25) is 0 Å². The van der Waals surface area contributed by atoms with E-state index < -0.39 is 0 Å². The Hall–Kier alpha value is -1.26. The summed E-state index contributed by atoms with van der Waals surface area (Å²) in [5.41, 5.74) is 9.98. The number of nitrogens with zero attached hydrogens (tertiary/aromatic N) is 1. The van der Waals surface area contributed by atoms with Gasteiger partial charge in [0, 0.05) is 5.41 Å². The van der Waals surface area contributed by atoms with Crippen molar-refractivity contribution in [3.8, 4) is 0 Å². The molecule has 0 radical (unpaired) electrons. The Bertz CT molecular complexity index is 322. The Labute approximate surface area is 109 Å². The van der Waals surface area contributed by atoms with Gasteiger partial charge in [0.05, 0.1) is 0 Å². The van der Waals surface area contributed by atoms with Crippen molar-refractivity contribution in [3.63, 3.8) is 0 Å². The van der Waals surface area contributed by atoms with Crippen molar-refractivity contribution in [3.05, 3.63) is 0 Å². The minimum absolute atomic E-state index is 0.0684. The first kappa shape index (κ1) is 14.8. The van der Waals surface area contributed by atoms with Crippen molar-refractivity contribution in [1.29, 1.82) is 0 Å². The minimum Gasteiger partial charge on any atom is -0.457 e. The summed E-state index contributed by atoms with van der Waals surface area (Å²) in [7, 11) is 0. The molecule has 0 aliphatic heterocycles. The van der Waals surface area contributed by atoms with Crippen LogP contribution in [0.4, 0.5) is 0 Å². The zero-order valence-electron chi connectivity index (χ0n) is 11.7. The van der Waals surface area contributed by atoms with Gasteiger partial charge in [0.25, 0.3) is 0 Å². The number of hydrogen-bond acceptors (Lipinski definition) is 3. The molecular formula is C13H25N3O2. The average molecular weight is 255 g/mol. The van der Waals surface area contributed by atoms with Crippen molar-refractivity contribution in [2.75, 3.05) is 6.54 Å². The number of nitrogens with two attached hydrogens (primary N) is 2. The molecule has 0 spiro atoms. The van der Waals surface area contributed by atoms with Crippen molar-refractivity contribution >= 4 is 11.9 Å². The quantitative estimate of drug-likeness (QED) is 0.455. The SMILES string of the molecule is CC(C)(C)C1(OC(=O)CN=C(N)N)CCCCC1. The van der Waals surface area contributed by atoms with Gasteiger partial charge in [-0.3, -0.25) is 4.79 Å². The van der Waals surface area contributed by atoms with Crippen LogP contribution in [-0.4, -0.2) is 24.1 Å². The number of rotatable bonds is 3. The Morgan fingerprint density at radius 1 is 1.22 bits per heavy atom. The van der Waals surface area contributed by atoms with Crippen LogP contribution in [0.3, 0.4) is 0 Å². The highest BCUT2D eigenvalue weighted by Crippen LogP contribution is 2.44. The van der Waals surface area contributed by atoms with Crippen LogP contribution in [0.25, 0.3) is 0 Å². The molecule has 0 aromatic carbocycles. The van der Waals surface area contributed by atoms with Gasteiger partial charge in [0.2, 0.25) is 0 Å². The van der Waals surface area contributed by atoms with E-state index in [1.165, 1.54) is 6.42 Å². The molecule has 0 bridgehead atoms. The van der Waals surface area contributed by atoms with Crippen LogP contribution in [-0.2, 0) is 9.53 Å². The van der Waals surface area contributed by atoms with Crippen LogP contribution >= 0.6 is 0 Å². The third-order valence-corrected chi connectivity index (χ3v) is 3.73. The predicted octanol–water partition coefficient (Wildman–Crippen LogP) is 1.55. The number of guanidine groups is 1. The molecule has 0 heterocycles. The van der Waals surface area contributed by atoms with E-state index in [-0.39, 0.29) is 29.5 Å². The highest BCUT2D eigenvalue weighted by Gasteiger charge is 2.45. The normalized spacial score (nSPS) is 19.1. The largest absolute Gasteiger partial charge is 0.457 e. The zero-order valence-corrected chi connectivity index (χ0v) is 11.7. The second kappa shape index (κ2) is 5.59. The molecular weight excluding hydrogens is 230 g/mol. The highest BCUT2D eigenvalue weighted by molar-refractivity contribution is 5.80. The van der Waals surface area contributed by atoms with Gasteiger partial charge >= 0.3 is 5.97 Å². The van der Waals surface area contributed by atoms with E-state index >= 15 is 0 Å². The molecule has 18 heavy (non-hydrogen) atoms. The molecule has 0 aromatic rings. The van der Waals surface area contributed by atoms with Crippen molar-refractivity contribution in [2.45, 2.75) is 58.5 Å². The van der Waals surface area contributed by atoms with Crippen molar-refractivity contribution in [2.24, 2.45) is 21.9 Å². The first-order valence-corrected chi connectivity index (χ1v) is 6.54. The number of ether oxygens (including phenoxy) is 1. The van der Waals surface area contributed by atoms with Gasteiger partial charge in [0.15, 0.2) is 5.96 Å². The molecule has 104 valence electrons. The van der Waals surface area contributed by atoms with Crippen molar-refractivity contribution < 1.29 is 9.53 Å². The van der Waals surface area contributed by atoms with Gasteiger partial charge < -0.3 is 16.2 Å². The second-order valence-electron chi connectivity index (χ2n) is 6.02. The third-order valence-electron chi connectivity index (χ3n) is 3.73. The predicted molar refractivity (Wildman–Crippen MR) is 72.0 cm³/mol. The molecule has 4 N–H and O–H groups in total. The molecule has 0 atom stereocenters. The lowest BCUT2D eigenvalue weighted by molar-refractivity contribution is -0.177. The summed E-state index contributed by atoms with van der Waals surface area (Å²) in [5.74, 6) is -0.430. The molecule has 0 saturated heterocycles. The number of carbonyl (C=O) groups is 1. The number of aliphatic imine (C=N–C) groups is 1. The highest BCUT2D eigenvalue weighted by atomic mass is 16.6. The topological polar surface area (TPSA) is 90.7 Å². The standard InChI is InChI=1S/C13H25N3O2/c1-12(2,3)13(7-5-4-6-8-13)18-10(17)9-16-11(14)15/h4-9H2,1-3H3,(H4,14,15,16). The maximum Gasteiger partial charge on any atom is 0.328 e. The zero-order chi connectivity index (χ0) is 13.8. The van der Waals surface area contributed by atoms with Gasteiger partial charge in [-0.2, -0.15) is 0 Å². The number of hydrogen-bond donors (Lipinski definition) is 2. The molecule has 0 aromatic heterocycles. The molecule has 0 amide bonds. The third kappa shape index (κ3) is 3.62. The first-order chi connectivity index (χ1) is 8.27. The van der Waals surface area contributed by atoms with E-state index in [1.807, 2.05) is 0 Å². The van der Waals surface area contributed by atoms with Crippen LogP contribution in [0.1, 0.15) is 52.9 Å². The van der Waals surface area contributed by atoms with Gasteiger partial charge in [-0.25, -0.2) is 4.99 Å².